The van der Waals surface area contributed by atoms with Crippen LogP contribution in [0.3, 0.4) is 0 Å². The van der Waals surface area contributed by atoms with Crippen LogP contribution in [0.25, 0.3) is 0 Å². The summed E-state index contributed by atoms with van der Waals surface area (Å²) in [5.74, 6) is 2.38. The molecule has 0 unspecified atom stereocenters. The second-order valence-corrected chi connectivity index (χ2v) is 9.06. The van der Waals surface area contributed by atoms with Crippen molar-refractivity contribution in [3.8, 4) is 0 Å². The molecular weight excluding hydrogens is 277 g/mol. The highest BCUT2D eigenvalue weighted by Crippen LogP contribution is 2.66. The first kappa shape index (κ1) is 15.0. The summed E-state index contributed by atoms with van der Waals surface area (Å²) >= 11 is 0. The fourth-order valence-electron chi connectivity index (χ4n) is 6.88. The highest BCUT2D eigenvalue weighted by molar-refractivity contribution is 5.26. The van der Waals surface area contributed by atoms with Gasteiger partial charge < -0.3 is 10.8 Å². The monoisotopic (exact) mass is 307 g/mol. The van der Waals surface area contributed by atoms with E-state index in [-0.39, 0.29) is 17.3 Å². The quantitative estimate of drug-likeness (QED) is 0.706. The highest BCUT2D eigenvalue weighted by atomic mass is 19.1. The standard InChI is InChI=1S/C19H30FNO/c1-18-7-5-12(22)9-11(18)3-4-13-14(18)6-8-19(2)15(13)10-16(20)17(19)21/h11-15,22H,3-10,21H2,1-2H3/t11-,12+,13-,14+,15+,18+,19+/m1/s1. The van der Waals surface area contributed by atoms with Gasteiger partial charge in [-0.3, -0.25) is 0 Å². The predicted molar refractivity (Wildman–Crippen MR) is 85.4 cm³/mol. The van der Waals surface area contributed by atoms with E-state index in [0.717, 1.165) is 25.7 Å². The molecule has 4 rings (SSSR count). The molecule has 0 saturated heterocycles. The topological polar surface area (TPSA) is 46.2 Å². The van der Waals surface area contributed by atoms with Gasteiger partial charge in [-0.15, -0.1) is 0 Å². The molecule has 3 fully saturated rings. The van der Waals surface area contributed by atoms with Crippen molar-refractivity contribution >= 4 is 0 Å². The molecule has 3 N–H and O–H groups in total. The second-order valence-electron chi connectivity index (χ2n) is 9.06. The first-order valence-electron chi connectivity index (χ1n) is 9.19. The molecule has 0 aliphatic heterocycles. The van der Waals surface area contributed by atoms with Crippen molar-refractivity contribution in [2.24, 2.45) is 40.2 Å². The Bertz CT molecular complexity index is 518. The van der Waals surface area contributed by atoms with Crippen molar-refractivity contribution in [3.63, 3.8) is 0 Å². The van der Waals surface area contributed by atoms with Gasteiger partial charge in [0, 0.05) is 17.5 Å². The number of rotatable bonds is 0. The van der Waals surface area contributed by atoms with Crippen molar-refractivity contribution in [2.45, 2.75) is 71.3 Å². The Hall–Kier alpha value is -0.570. The van der Waals surface area contributed by atoms with Crippen LogP contribution in [-0.2, 0) is 0 Å². The van der Waals surface area contributed by atoms with Crippen LogP contribution in [0.4, 0.5) is 4.39 Å². The molecule has 0 spiro atoms. The molecule has 0 aromatic heterocycles. The molecular formula is C19H30FNO. The average Bonchev–Trinajstić information content (AvgIpc) is 2.72. The highest BCUT2D eigenvalue weighted by Gasteiger charge is 2.59. The molecule has 2 nitrogen and oxygen atoms in total. The lowest BCUT2D eigenvalue weighted by Crippen LogP contribution is -2.54. The Morgan fingerprint density at radius 1 is 1.09 bits per heavy atom. The van der Waals surface area contributed by atoms with Gasteiger partial charge in [0.25, 0.3) is 0 Å². The number of allylic oxidation sites excluding steroid dienone is 2. The minimum absolute atomic E-state index is 0.0282. The molecule has 22 heavy (non-hydrogen) atoms. The van der Waals surface area contributed by atoms with Gasteiger partial charge in [0.05, 0.1) is 6.10 Å². The van der Waals surface area contributed by atoms with Crippen LogP contribution < -0.4 is 5.73 Å². The van der Waals surface area contributed by atoms with Crippen molar-refractivity contribution in [1.82, 2.24) is 0 Å². The average molecular weight is 307 g/mol. The molecule has 0 bridgehead atoms. The van der Waals surface area contributed by atoms with Gasteiger partial charge in [0.2, 0.25) is 0 Å². The Morgan fingerprint density at radius 2 is 1.86 bits per heavy atom. The van der Waals surface area contributed by atoms with E-state index in [9.17, 15) is 9.50 Å². The summed E-state index contributed by atoms with van der Waals surface area (Å²) in [6.07, 6.45) is 8.22. The van der Waals surface area contributed by atoms with Crippen LogP contribution in [-0.4, -0.2) is 11.2 Å². The number of halogens is 1. The normalized spacial score (nSPS) is 54.6. The van der Waals surface area contributed by atoms with Gasteiger partial charge in [-0.1, -0.05) is 13.8 Å². The first-order chi connectivity index (χ1) is 10.4. The SMILES string of the molecule is C[C@]12CC[C@H](O)C[C@H]1CC[C@@H]1[C@@H]2CC[C@]2(C)C(N)=C(F)C[C@@H]12. The van der Waals surface area contributed by atoms with Gasteiger partial charge in [0.1, 0.15) is 5.83 Å². The third-order valence-electron chi connectivity index (χ3n) is 8.33. The van der Waals surface area contributed by atoms with E-state index in [4.69, 9.17) is 5.73 Å². The van der Waals surface area contributed by atoms with Crippen molar-refractivity contribution in [2.75, 3.05) is 0 Å². The third-order valence-corrected chi connectivity index (χ3v) is 8.33. The fraction of sp³-hybridized carbons (Fsp3) is 0.895. The van der Waals surface area contributed by atoms with E-state index >= 15 is 0 Å². The molecule has 124 valence electrons. The van der Waals surface area contributed by atoms with Crippen molar-refractivity contribution in [3.05, 3.63) is 11.5 Å². The van der Waals surface area contributed by atoms with Gasteiger partial charge in [-0.05, 0) is 74.0 Å². The van der Waals surface area contributed by atoms with E-state index in [1.54, 1.807) is 0 Å². The van der Waals surface area contributed by atoms with Crippen LogP contribution >= 0.6 is 0 Å². The Morgan fingerprint density at radius 3 is 2.64 bits per heavy atom. The zero-order chi connectivity index (χ0) is 15.7. The predicted octanol–water partition coefficient (Wildman–Crippen LogP) is 4.14. The molecule has 4 aliphatic carbocycles. The van der Waals surface area contributed by atoms with Crippen LogP contribution in [0.15, 0.2) is 11.5 Å². The van der Waals surface area contributed by atoms with E-state index in [1.165, 1.54) is 19.3 Å². The van der Waals surface area contributed by atoms with E-state index in [1.807, 2.05) is 0 Å². The Balaban J connectivity index is 1.64. The molecule has 0 radical (unpaired) electrons. The fourth-order valence-corrected chi connectivity index (χ4v) is 6.88. The van der Waals surface area contributed by atoms with Gasteiger partial charge >= 0.3 is 0 Å². The molecule has 3 heteroatoms. The van der Waals surface area contributed by atoms with Gasteiger partial charge in [-0.2, -0.15) is 0 Å². The molecule has 0 heterocycles. The van der Waals surface area contributed by atoms with Crippen LogP contribution in [0.2, 0.25) is 0 Å². The summed E-state index contributed by atoms with van der Waals surface area (Å²) < 4.78 is 14.2. The zero-order valence-corrected chi connectivity index (χ0v) is 13.9. The number of fused-ring (bicyclic) bond motifs is 5. The molecule has 4 aliphatic rings. The smallest absolute Gasteiger partial charge is 0.119 e. The number of aliphatic hydroxyl groups excluding tert-OH is 1. The molecule has 0 aromatic rings. The van der Waals surface area contributed by atoms with E-state index in [2.05, 4.69) is 13.8 Å². The van der Waals surface area contributed by atoms with Crippen molar-refractivity contribution in [1.29, 1.82) is 0 Å². The molecule has 0 aromatic carbocycles. The van der Waals surface area contributed by atoms with Gasteiger partial charge in [0.15, 0.2) is 0 Å². The maximum atomic E-state index is 14.2. The second kappa shape index (κ2) is 4.72. The lowest BCUT2D eigenvalue weighted by Gasteiger charge is -2.60. The molecule has 7 atom stereocenters. The summed E-state index contributed by atoms with van der Waals surface area (Å²) in [4.78, 5) is 0. The van der Waals surface area contributed by atoms with Gasteiger partial charge in [-0.25, -0.2) is 4.39 Å². The zero-order valence-electron chi connectivity index (χ0n) is 13.9. The van der Waals surface area contributed by atoms with Crippen LogP contribution in [0.1, 0.15) is 65.2 Å². The number of hydrogen-bond acceptors (Lipinski definition) is 2. The summed E-state index contributed by atoms with van der Waals surface area (Å²) in [5.41, 5.74) is 6.96. The molecule has 3 saturated carbocycles. The van der Waals surface area contributed by atoms with Crippen LogP contribution in [0.5, 0.6) is 0 Å². The maximum Gasteiger partial charge on any atom is 0.119 e. The van der Waals surface area contributed by atoms with Crippen molar-refractivity contribution < 1.29 is 9.50 Å². The maximum absolute atomic E-state index is 14.2. The summed E-state index contributed by atoms with van der Waals surface area (Å²) in [6, 6.07) is 0. The third kappa shape index (κ3) is 1.81. The van der Waals surface area contributed by atoms with Crippen LogP contribution in [0, 0.1) is 34.5 Å². The summed E-state index contributed by atoms with van der Waals surface area (Å²) in [6.45, 7) is 4.67. The lowest BCUT2D eigenvalue weighted by atomic mass is 9.45. The van der Waals surface area contributed by atoms with E-state index in [0.29, 0.717) is 41.2 Å². The Labute approximate surface area is 133 Å². The number of hydrogen-bond donors (Lipinski definition) is 2. The summed E-state index contributed by atoms with van der Waals surface area (Å²) in [7, 11) is 0. The number of aliphatic hydroxyl groups is 1. The number of nitrogens with two attached hydrogens (primary N) is 1. The van der Waals surface area contributed by atoms with E-state index < -0.39 is 0 Å². The lowest BCUT2D eigenvalue weighted by molar-refractivity contribution is -0.118. The molecule has 0 amide bonds. The minimum atomic E-state index is -0.0946. The largest absolute Gasteiger partial charge is 0.400 e. The summed E-state index contributed by atoms with van der Waals surface area (Å²) in [5, 5.41) is 10.0. The first-order valence-corrected chi connectivity index (χ1v) is 9.19. The Kier molecular flexibility index (Phi) is 3.21. The minimum Gasteiger partial charge on any atom is -0.400 e.